The van der Waals surface area contributed by atoms with Crippen LogP contribution in [0.15, 0.2) is 18.2 Å². The molecular weight excluding hydrogens is 220 g/mol. The molecule has 0 spiro atoms. The van der Waals surface area contributed by atoms with Gasteiger partial charge in [0.15, 0.2) is 0 Å². The SMILES string of the molecule is CNCCC(O)C(O)c1cc(C#N)ccc1O. The van der Waals surface area contributed by atoms with Crippen molar-refractivity contribution in [2.75, 3.05) is 13.6 Å². The summed E-state index contributed by atoms with van der Waals surface area (Å²) in [5.74, 6) is -0.125. The number of phenols is 1. The van der Waals surface area contributed by atoms with Gasteiger partial charge >= 0.3 is 0 Å². The van der Waals surface area contributed by atoms with Crippen LogP contribution < -0.4 is 5.32 Å². The monoisotopic (exact) mass is 236 g/mol. The van der Waals surface area contributed by atoms with Gasteiger partial charge in [0.25, 0.3) is 0 Å². The molecule has 2 atom stereocenters. The van der Waals surface area contributed by atoms with E-state index in [1.807, 2.05) is 6.07 Å². The van der Waals surface area contributed by atoms with Crippen molar-refractivity contribution >= 4 is 0 Å². The molecule has 0 bridgehead atoms. The highest BCUT2D eigenvalue weighted by atomic mass is 16.3. The molecule has 5 heteroatoms. The van der Waals surface area contributed by atoms with Gasteiger partial charge in [0.1, 0.15) is 11.9 Å². The molecule has 17 heavy (non-hydrogen) atoms. The molecule has 0 radical (unpaired) electrons. The first-order valence-corrected chi connectivity index (χ1v) is 5.34. The van der Waals surface area contributed by atoms with E-state index in [1.54, 1.807) is 7.05 Å². The number of aromatic hydroxyl groups is 1. The molecule has 0 aliphatic carbocycles. The van der Waals surface area contributed by atoms with Crippen LogP contribution >= 0.6 is 0 Å². The van der Waals surface area contributed by atoms with Gasteiger partial charge in [-0.1, -0.05) is 0 Å². The van der Waals surface area contributed by atoms with Gasteiger partial charge in [-0.3, -0.25) is 0 Å². The Hall–Kier alpha value is -1.61. The van der Waals surface area contributed by atoms with Gasteiger partial charge in [-0.25, -0.2) is 0 Å². The first-order chi connectivity index (χ1) is 8.10. The van der Waals surface area contributed by atoms with E-state index in [1.165, 1.54) is 18.2 Å². The third-order valence-electron chi connectivity index (χ3n) is 2.53. The summed E-state index contributed by atoms with van der Waals surface area (Å²) >= 11 is 0. The lowest BCUT2D eigenvalue weighted by molar-refractivity contribution is 0.0127. The first kappa shape index (κ1) is 13.5. The van der Waals surface area contributed by atoms with Crippen LogP contribution in [0.3, 0.4) is 0 Å². The summed E-state index contributed by atoms with van der Waals surface area (Å²) in [6.45, 7) is 0.553. The van der Waals surface area contributed by atoms with Gasteiger partial charge in [-0.05, 0) is 38.2 Å². The molecule has 92 valence electrons. The Bertz CT molecular complexity index is 415. The fourth-order valence-electron chi connectivity index (χ4n) is 1.52. The Morgan fingerprint density at radius 2 is 2.12 bits per heavy atom. The molecule has 5 nitrogen and oxygen atoms in total. The van der Waals surface area contributed by atoms with E-state index in [4.69, 9.17) is 5.26 Å². The fraction of sp³-hybridized carbons (Fsp3) is 0.417. The standard InChI is InChI=1S/C12H16N2O3/c1-14-5-4-11(16)12(17)9-6-8(7-13)2-3-10(9)15/h2-3,6,11-12,14-17H,4-5H2,1H3. The quantitative estimate of drug-likeness (QED) is 0.588. The number of nitrogens with zero attached hydrogens (tertiary/aromatic N) is 1. The highest BCUT2D eigenvalue weighted by molar-refractivity contribution is 5.42. The third kappa shape index (κ3) is 3.43. The van der Waals surface area contributed by atoms with Gasteiger partial charge in [0.05, 0.1) is 17.7 Å². The number of aliphatic hydroxyl groups excluding tert-OH is 2. The number of rotatable bonds is 5. The van der Waals surface area contributed by atoms with Gasteiger partial charge in [-0.15, -0.1) is 0 Å². The van der Waals surface area contributed by atoms with Crippen LogP contribution in [-0.4, -0.2) is 35.0 Å². The summed E-state index contributed by atoms with van der Waals surface area (Å²) in [5.41, 5.74) is 0.505. The molecule has 0 heterocycles. The van der Waals surface area contributed by atoms with Crippen molar-refractivity contribution < 1.29 is 15.3 Å². The van der Waals surface area contributed by atoms with E-state index >= 15 is 0 Å². The predicted octanol–water partition coefficient (Wildman–Crippen LogP) is 0.268. The van der Waals surface area contributed by atoms with Crippen molar-refractivity contribution in [2.45, 2.75) is 18.6 Å². The van der Waals surface area contributed by atoms with Crippen LogP contribution in [-0.2, 0) is 0 Å². The van der Waals surface area contributed by atoms with Crippen LogP contribution in [0.5, 0.6) is 5.75 Å². The average molecular weight is 236 g/mol. The number of nitriles is 1. The molecule has 0 saturated carbocycles. The highest BCUT2D eigenvalue weighted by Gasteiger charge is 2.21. The second-order valence-corrected chi connectivity index (χ2v) is 3.79. The summed E-state index contributed by atoms with van der Waals surface area (Å²) in [6.07, 6.45) is -1.83. The zero-order valence-electron chi connectivity index (χ0n) is 9.59. The molecular formula is C12H16N2O3. The first-order valence-electron chi connectivity index (χ1n) is 5.34. The Kier molecular flexibility index (Phi) is 4.91. The van der Waals surface area contributed by atoms with Crippen molar-refractivity contribution in [2.24, 2.45) is 0 Å². The average Bonchev–Trinajstić information content (AvgIpc) is 2.35. The van der Waals surface area contributed by atoms with Crippen molar-refractivity contribution in [3.05, 3.63) is 29.3 Å². The Morgan fingerprint density at radius 3 is 2.71 bits per heavy atom. The van der Waals surface area contributed by atoms with E-state index in [0.29, 0.717) is 18.5 Å². The maximum Gasteiger partial charge on any atom is 0.121 e. The molecule has 0 saturated heterocycles. The lowest BCUT2D eigenvalue weighted by Gasteiger charge is -2.19. The van der Waals surface area contributed by atoms with Crippen molar-refractivity contribution in [3.8, 4) is 11.8 Å². The van der Waals surface area contributed by atoms with E-state index in [2.05, 4.69) is 5.32 Å². The molecule has 0 aliphatic rings. The summed E-state index contributed by atoms with van der Waals surface area (Å²) in [4.78, 5) is 0. The van der Waals surface area contributed by atoms with E-state index in [9.17, 15) is 15.3 Å². The van der Waals surface area contributed by atoms with Crippen molar-refractivity contribution in [3.63, 3.8) is 0 Å². The van der Waals surface area contributed by atoms with Crippen LogP contribution in [0.2, 0.25) is 0 Å². The second kappa shape index (κ2) is 6.21. The summed E-state index contributed by atoms with van der Waals surface area (Å²) in [7, 11) is 1.74. The normalized spacial score (nSPS) is 14.0. The van der Waals surface area contributed by atoms with Crippen molar-refractivity contribution in [1.29, 1.82) is 5.26 Å². The highest BCUT2D eigenvalue weighted by Crippen LogP contribution is 2.28. The minimum atomic E-state index is -1.20. The molecule has 0 aromatic heterocycles. The number of hydrogen-bond acceptors (Lipinski definition) is 5. The molecule has 0 fully saturated rings. The lowest BCUT2D eigenvalue weighted by Crippen LogP contribution is -2.23. The lowest BCUT2D eigenvalue weighted by atomic mass is 9.99. The smallest absolute Gasteiger partial charge is 0.121 e. The number of phenolic OH excluding ortho intramolecular Hbond substituents is 1. The Labute approximate surface area is 99.9 Å². The molecule has 4 N–H and O–H groups in total. The third-order valence-corrected chi connectivity index (χ3v) is 2.53. The minimum Gasteiger partial charge on any atom is -0.508 e. The maximum atomic E-state index is 9.87. The van der Waals surface area contributed by atoms with Gasteiger partial charge < -0.3 is 20.6 Å². The van der Waals surface area contributed by atoms with Gasteiger partial charge in [-0.2, -0.15) is 5.26 Å². The predicted molar refractivity (Wildman–Crippen MR) is 62.3 cm³/mol. The second-order valence-electron chi connectivity index (χ2n) is 3.79. The number of hydrogen-bond donors (Lipinski definition) is 4. The van der Waals surface area contributed by atoms with Gasteiger partial charge in [0.2, 0.25) is 0 Å². The summed E-state index contributed by atoms with van der Waals surface area (Å²) < 4.78 is 0. The molecule has 2 unspecified atom stereocenters. The molecule has 0 aliphatic heterocycles. The van der Waals surface area contributed by atoms with E-state index in [-0.39, 0.29) is 11.3 Å². The minimum absolute atomic E-state index is 0.125. The zero-order chi connectivity index (χ0) is 12.8. The molecule has 1 aromatic carbocycles. The Morgan fingerprint density at radius 1 is 1.41 bits per heavy atom. The van der Waals surface area contributed by atoms with Crippen molar-refractivity contribution in [1.82, 2.24) is 5.32 Å². The molecule has 0 amide bonds. The maximum absolute atomic E-state index is 9.87. The van der Waals surface area contributed by atoms with Crippen LogP contribution in [0, 0.1) is 11.3 Å². The largest absolute Gasteiger partial charge is 0.508 e. The number of aliphatic hydroxyl groups is 2. The van der Waals surface area contributed by atoms with E-state index in [0.717, 1.165) is 0 Å². The van der Waals surface area contributed by atoms with Crippen LogP contribution in [0.4, 0.5) is 0 Å². The molecule has 1 rings (SSSR count). The van der Waals surface area contributed by atoms with Crippen LogP contribution in [0.1, 0.15) is 23.7 Å². The fourth-order valence-corrected chi connectivity index (χ4v) is 1.52. The topological polar surface area (TPSA) is 96.5 Å². The molecule has 1 aromatic rings. The summed E-state index contributed by atoms with van der Waals surface area (Å²) in [5, 5.41) is 40.7. The van der Waals surface area contributed by atoms with E-state index < -0.39 is 12.2 Å². The number of benzene rings is 1. The van der Waals surface area contributed by atoms with Gasteiger partial charge in [0, 0.05) is 5.56 Å². The zero-order valence-corrected chi connectivity index (χ0v) is 9.59. The summed E-state index contributed by atoms with van der Waals surface area (Å²) in [6, 6.07) is 6.08. The van der Waals surface area contributed by atoms with Crippen LogP contribution in [0.25, 0.3) is 0 Å². The number of nitrogens with one attached hydrogen (secondary N) is 1. The Balaban J connectivity index is 2.87.